The second-order valence-corrected chi connectivity index (χ2v) is 10.1. The Bertz CT molecular complexity index is 1150. The van der Waals surface area contributed by atoms with E-state index < -0.39 is 0 Å². The average Bonchev–Trinajstić information content (AvgIpc) is 3.44. The molecular formula is C24H31Cl2N7O. The van der Waals surface area contributed by atoms with Crippen LogP contribution in [0.5, 0.6) is 0 Å². The number of hydrogen-bond acceptors (Lipinski definition) is 7. The van der Waals surface area contributed by atoms with Gasteiger partial charge in [-0.1, -0.05) is 36.5 Å². The lowest BCUT2D eigenvalue weighted by Gasteiger charge is -2.44. The number of anilines is 3. The summed E-state index contributed by atoms with van der Waals surface area (Å²) in [6, 6.07) is 4.01. The van der Waals surface area contributed by atoms with Crippen LogP contribution in [0.15, 0.2) is 24.5 Å². The quantitative estimate of drug-likeness (QED) is 0.487. The smallest absolute Gasteiger partial charge is 0.227 e. The maximum atomic E-state index is 6.69. The van der Waals surface area contributed by atoms with Gasteiger partial charge in [0.25, 0.3) is 0 Å². The Balaban J connectivity index is 1.33. The van der Waals surface area contributed by atoms with E-state index in [9.17, 15) is 0 Å². The zero-order valence-electron chi connectivity index (χ0n) is 19.7. The molecule has 4 heterocycles. The molecule has 2 fully saturated rings. The van der Waals surface area contributed by atoms with Crippen LogP contribution in [0.1, 0.15) is 33.1 Å². The molecule has 10 heteroatoms. The van der Waals surface area contributed by atoms with Crippen LogP contribution < -0.4 is 10.2 Å². The third-order valence-corrected chi connectivity index (χ3v) is 7.68. The summed E-state index contributed by atoms with van der Waals surface area (Å²) in [5, 5.41) is 9.77. The van der Waals surface area contributed by atoms with Crippen molar-refractivity contribution >= 4 is 51.4 Å². The summed E-state index contributed by atoms with van der Waals surface area (Å²) in [7, 11) is 0. The van der Waals surface area contributed by atoms with E-state index in [4.69, 9.17) is 32.9 Å². The second kappa shape index (κ2) is 9.85. The Labute approximate surface area is 210 Å². The monoisotopic (exact) mass is 503 g/mol. The van der Waals surface area contributed by atoms with Crippen LogP contribution in [0, 0.1) is 0 Å². The Kier molecular flexibility index (Phi) is 6.84. The molecular weight excluding hydrogens is 473 g/mol. The number of aryl methyl sites for hydroxylation is 1. The first-order valence-corrected chi connectivity index (χ1v) is 12.7. The Hall–Kier alpha value is -2.13. The summed E-state index contributed by atoms with van der Waals surface area (Å²) in [5.74, 6) is 0.483. The minimum Gasteiger partial charge on any atom is -0.379 e. The first kappa shape index (κ1) is 23.6. The first-order chi connectivity index (χ1) is 16.5. The number of aromatic nitrogens is 4. The third kappa shape index (κ3) is 4.69. The number of unbranched alkanes of at least 4 members (excludes halogenated alkanes) is 1. The number of nitrogens with zero attached hydrogens (tertiary/aromatic N) is 6. The van der Waals surface area contributed by atoms with Crippen molar-refractivity contribution in [3.8, 4) is 0 Å². The molecule has 1 atom stereocenters. The summed E-state index contributed by atoms with van der Waals surface area (Å²) in [6.07, 6.45) is 6.71. The van der Waals surface area contributed by atoms with Gasteiger partial charge in [-0.15, -0.1) is 0 Å². The van der Waals surface area contributed by atoms with Crippen LogP contribution in [0.4, 0.5) is 17.3 Å². The van der Waals surface area contributed by atoms with E-state index in [1.165, 1.54) is 0 Å². The zero-order chi connectivity index (χ0) is 23.7. The number of benzene rings is 1. The highest BCUT2D eigenvalue weighted by molar-refractivity contribution is 6.34. The van der Waals surface area contributed by atoms with Crippen LogP contribution in [0.25, 0.3) is 10.9 Å². The number of ether oxygens (including phenoxy) is 1. The molecule has 34 heavy (non-hydrogen) atoms. The molecule has 1 unspecified atom stereocenters. The van der Waals surface area contributed by atoms with Gasteiger partial charge < -0.3 is 15.0 Å². The summed E-state index contributed by atoms with van der Waals surface area (Å²) in [6.45, 7) is 10.7. The largest absolute Gasteiger partial charge is 0.379 e. The Morgan fingerprint density at radius 1 is 1.15 bits per heavy atom. The molecule has 3 aromatic rings. The van der Waals surface area contributed by atoms with Crippen LogP contribution in [0.3, 0.4) is 0 Å². The maximum Gasteiger partial charge on any atom is 0.227 e. The summed E-state index contributed by atoms with van der Waals surface area (Å²) in [5.41, 5.74) is 2.70. The van der Waals surface area contributed by atoms with Gasteiger partial charge in [0.15, 0.2) is 5.15 Å². The van der Waals surface area contributed by atoms with Crippen molar-refractivity contribution in [3.63, 3.8) is 0 Å². The van der Waals surface area contributed by atoms with E-state index >= 15 is 0 Å². The number of halogens is 2. The van der Waals surface area contributed by atoms with Gasteiger partial charge in [-0.25, -0.2) is 9.97 Å². The highest BCUT2D eigenvalue weighted by atomic mass is 35.5. The molecule has 5 rings (SSSR count). The van der Waals surface area contributed by atoms with E-state index in [2.05, 4.69) is 45.1 Å². The van der Waals surface area contributed by atoms with Crippen molar-refractivity contribution in [2.75, 3.05) is 49.6 Å². The minimum absolute atomic E-state index is 0.151. The Morgan fingerprint density at radius 3 is 2.71 bits per heavy atom. The molecule has 0 radical (unpaired) electrons. The van der Waals surface area contributed by atoms with Gasteiger partial charge in [-0.2, -0.15) is 5.10 Å². The molecule has 0 bridgehead atoms. The summed E-state index contributed by atoms with van der Waals surface area (Å²) < 4.78 is 7.46. The van der Waals surface area contributed by atoms with Crippen LogP contribution in [-0.2, 0) is 11.3 Å². The van der Waals surface area contributed by atoms with Crippen molar-refractivity contribution in [1.82, 2.24) is 24.6 Å². The van der Waals surface area contributed by atoms with Gasteiger partial charge in [0, 0.05) is 56.5 Å². The van der Waals surface area contributed by atoms with E-state index in [1.807, 2.05) is 6.07 Å². The lowest BCUT2D eigenvalue weighted by molar-refractivity contribution is 0.0745. The standard InChI is InChI=1S/C24H31Cl2N7O/c1-3-4-6-33-22(26)20(15-28-33)30-23-27-14-17-12-18(25)21(13-19(17)29-23)31-7-9-32(10-8-31)24(2)5-11-34-16-24/h12-15H,3-11,16H2,1-2H3,(H,27,29,30). The molecule has 1 aromatic carbocycles. The molecule has 2 saturated heterocycles. The fourth-order valence-electron chi connectivity index (χ4n) is 4.77. The van der Waals surface area contributed by atoms with Crippen molar-refractivity contribution in [1.29, 1.82) is 0 Å². The average molecular weight is 504 g/mol. The molecule has 2 aliphatic heterocycles. The van der Waals surface area contributed by atoms with Gasteiger partial charge in [-0.3, -0.25) is 9.58 Å². The number of fused-ring (bicyclic) bond motifs is 1. The van der Waals surface area contributed by atoms with Crippen LogP contribution >= 0.6 is 23.2 Å². The minimum atomic E-state index is 0.151. The van der Waals surface area contributed by atoms with Gasteiger partial charge in [0.05, 0.1) is 34.7 Å². The SMILES string of the molecule is CCCCn1ncc(Nc2ncc3cc(Cl)c(N4CCN(C5(C)CCOC5)CC4)cc3n2)c1Cl. The van der Waals surface area contributed by atoms with Gasteiger partial charge in [-0.05, 0) is 31.9 Å². The van der Waals surface area contributed by atoms with E-state index in [0.717, 1.165) is 86.8 Å². The first-order valence-electron chi connectivity index (χ1n) is 12.0. The fraction of sp³-hybridized carbons (Fsp3) is 0.542. The molecule has 0 amide bonds. The van der Waals surface area contributed by atoms with E-state index in [0.29, 0.717) is 16.8 Å². The molecule has 0 spiro atoms. The number of rotatable bonds is 7. The van der Waals surface area contributed by atoms with Crippen molar-refractivity contribution < 1.29 is 4.74 Å². The molecule has 2 aliphatic rings. The number of piperazine rings is 1. The lowest BCUT2D eigenvalue weighted by atomic mass is 9.98. The van der Waals surface area contributed by atoms with Gasteiger partial charge in [0.1, 0.15) is 0 Å². The van der Waals surface area contributed by atoms with E-state index in [1.54, 1.807) is 17.1 Å². The van der Waals surface area contributed by atoms with Crippen molar-refractivity contribution in [3.05, 3.63) is 34.7 Å². The topological polar surface area (TPSA) is 71.3 Å². The predicted octanol–water partition coefficient (Wildman–Crippen LogP) is 4.98. The van der Waals surface area contributed by atoms with Gasteiger partial charge >= 0.3 is 0 Å². The second-order valence-electron chi connectivity index (χ2n) is 9.38. The molecule has 2 aromatic heterocycles. The molecule has 0 saturated carbocycles. The predicted molar refractivity (Wildman–Crippen MR) is 138 cm³/mol. The highest BCUT2D eigenvalue weighted by Crippen LogP contribution is 2.34. The fourth-order valence-corrected chi connectivity index (χ4v) is 5.29. The third-order valence-electron chi connectivity index (χ3n) is 6.98. The molecule has 0 aliphatic carbocycles. The Morgan fingerprint density at radius 2 is 1.97 bits per heavy atom. The van der Waals surface area contributed by atoms with Gasteiger partial charge in [0.2, 0.25) is 5.95 Å². The molecule has 8 nitrogen and oxygen atoms in total. The summed E-state index contributed by atoms with van der Waals surface area (Å²) in [4.78, 5) is 14.1. The molecule has 182 valence electrons. The van der Waals surface area contributed by atoms with Crippen LogP contribution in [-0.4, -0.2) is 69.6 Å². The number of nitrogens with one attached hydrogen (secondary N) is 1. The summed E-state index contributed by atoms with van der Waals surface area (Å²) >= 11 is 13.2. The zero-order valence-corrected chi connectivity index (χ0v) is 21.2. The van der Waals surface area contributed by atoms with Crippen molar-refractivity contribution in [2.45, 2.75) is 45.2 Å². The number of hydrogen-bond donors (Lipinski definition) is 1. The normalized spacial score (nSPS) is 21.5. The van der Waals surface area contributed by atoms with E-state index in [-0.39, 0.29) is 5.54 Å². The lowest BCUT2D eigenvalue weighted by Crippen LogP contribution is -2.56. The van der Waals surface area contributed by atoms with Crippen LogP contribution in [0.2, 0.25) is 10.2 Å². The highest BCUT2D eigenvalue weighted by Gasteiger charge is 2.37. The molecule has 1 N–H and O–H groups in total. The van der Waals surface area contributed by atoms with Crippen molar-refractivity contribution in [2.24, 2.45) is 0 Å². The maximum absolute atomic E-state index is 6.69.